The molecule has 17 heavy (non-hydrogen) atoms. The SMILES string of the molecule is COCCOCCCCNCc1ccc(C)s1. The van der Waals surface area contributed by atoms with Gasteiger partial charge in [0.2, 0.25) is 0 Å². The van der Waals surface area contributed by atoms with Crippen LogP contribution in [-0.4, -0.2) is 33.5 Å². The highest BCUT2D eigenvalue weighted by Crippen LogP contribution is 2.14. The van der Waals surface area contributed by atoms with E-state index in [0.29, 0.717) is 13.2 Å². The molecule has 0 aliphatic carbocycles. The summed E-state index contributed by atoms with van der Waals surface area (Å²) in [5.74, 6) is 0. The summed E-state index contributed by atoms with van der Waals surface area (Å²) in [6.07, 6.45) is 2.28. The zero-order valence-corrected chi connectivity index (χ0v) is 11.6. The van der Waals surface area contributed by atoms with Crippen LogP contribution in [0.5, 0.6) is 0 Å². The first-order valence-electron chi connectivity index (χ1n) is 6.15. The zero-order chi connectivity index (χ0) is 12.3. The number of rotatable bonds is 10. The van der Waals surface area contributed by atoms with E-state index in [1.807, 2.05) is 11.3 Å². The van der Waals surface area contributed by atoms with Crippen molar-refractivity contribution in [3.8, 4) is 0 Å². The summed E-state index contributed by atoms with van der Waals surface area (Å²) in [6.45, 7) is 6.43. The lowest BCUT2D eigenvalue weighted by Gasteiger charge is -2.04. The van der Waals surface area contributed by atoms with Gasteiger partial charge in [-0.25, -0.2) is 0 Å². The minimum absolute atomic E-state index is 0.690. The van der Waals surface area contributed by atoms with E-state index in [1.54, 1.807) is 7.11 Å². The standard InChI is InChI=1S/C13H23NO2S/c1-12-5-6-13(17-12)11-14-7-3-4-8-16-10-9-15-2/h5-6,14H,3-4,7-11H2,1-2H3. The average Bonchev–Trinajstić information content (AvgIpc) is 2.73. The van der Waals surface area contributed by atoms with Crippen LogP contribution in [0.1, 0.15) is 22.6 Å². The molecule has 1 rings (SSSR count). The normalized spacial score (nSPS) is 10.9. The van der Waals surface area contributed by atoms with E-state index in [1.165, 1.54) is 9.75 Å². The fourth-order valence-electron chi connectivity index (χ4n) is 1.49. The molecular formula is C13H23NO2S. The number of thiophene rings is 1. The number of nitrogens with one attached hydrogen (secondary N) is 1. The molecule has 0 saturated carbocycles. The van der Waals surface area contributed by atoms with Gasteiger partial charge in [-0.1, -0.05) is 0 Å². The maximum atomic E-state index is 5.39. The third-order valence-corrected chi connectivity index (χ3v) is 3.42. The fourth-order valence-corrected chi connectivity index (χ4v) is 2.35. The molecule has 0 saturated heterocycles. The van der Waals surface area contributed by atoms with E-state index in [-0.39, 0.29) is 0 Å². The minimum atomic E-state index is 0.690. The lowest BCUT2D eigenvalue weighted by Crippen LogP contribution is -2.14. The van der Waals surface area contributed by atoms with Gasteiger partial charge in [-0.3, -0.25) is 0 Å². The summed E-state index contributed by atoms with van der Waals surface area (Å²) in [7, 11) is 1.69. The van der Waals surface area contributed by atoms with Crippen molar-refractivity contribution in [3.63, 3.8) is 0 Å². The molecular weight excluding hydrogens is 234 g/mol. The summed E-state index contributed by atoms with van der Waals surface area (Å²) in [5.41, 5.74) is 0. The summed E-state index contributed by atoms with van der Waals surface area (Å²) >= 11 is 1.86. The predicted molar refractivity (Wildman–Crippen MR) is 72.7 cm³/mol. The van der Waals surface area contributed by atoms with Crippen LogP contribution < -0.4 is 5.32 Å². The highest BCUT2D eigenvalue weighted by atomic mass is 32.1. The molecule has 0 aromatic carbocycles. The number of methoxy groups -OCH3 is 1. The van der Waals surface area contributed by atoms with Crippen LogP contribution in [0.3, 0.4) is 0 Å². The van der Waals surface area contributed by atoms with Crippen LogP contribution in [0.15, 0.2) is 12.1 Å². The van der Waals surface area contributed by atoms with E-state index in [2.05, 4.69) is 24.4 Å². The maximum absolute atomic E-state index is 5.39. The van der Waals surface area contributed by atoms with Crippen LogP contribution in [-0.2, 0) is 16.0 Å². The van der Waals surface area contributed by atoms with E-state index in [0.717, 1.165) is 32.5 Å². The number of unbranched alkanes of at least 4 members (excludes halogenated alkanes) is 1. The Bertz CT molecular complexity index is 289. The van der Waals surface area contributed by atoms with E-state index >= 15 is 0 Å². The average molecular weight is 257 g/mol. The Morgan fingerprint density at radius 1 is 1.18 bits per heavy atom. The molecule has 0 amide bonds. The molecule has 0 aliphatic rings. The van der Waals surface area contributed by atoms with Gasteiger partial charge in [-0.05, 0) is 38.4 Å². The van der Waals surface area contributed by atoms with Crippen molar-refractivity contribution in [3.05, 3.63) is 21.9 Å². The van der Waals surface area contributed by atoms with Gasteiger partial charge in [-0.2, -0.15) is 0 Å². The molecule has 1 heterocycles. The Labute approximate surface area is 108 Å². The second kappa shape index (κ2) is 9.59. The van der Waals surface area contributed by atoms with Crippen molar-refractivity contribution in [2.45, 2.75) is 26.3 Å². The van der Waals surface area contributed by atoms with Gasteiger partial charge in [0.15, 0.2) is 0 Å². The topological polar surface area (TPSA) is 30.5 Å². The van der Waals surface area contributed by atoms with Crippen molar-refractivity contribution in [2.75, 3.05) is 33.5 Å². The quantitative estimate of drug-likeness (QED) is 0.654. The summed E-state index contributed by atoms with van der Waals surface area (Å²) in [5, 5.41) is 3.45. The molecule has 1 aromatic rings. The Kier molecular flexibility index (Phi) is 8.26. The smallest absolute Gasteiger partial charge is 0.0700 e. The van der Waals surface area contributed by atoms with Gasteiger partial charge >= 0.3 is 0 Å². The van der Waals surface area contributed by atoms with Crippen molar-refractivity contribution in [2.24, 2.45) is 0 Å². The lowest BCUT2D eigenvalue weighted by atomic mass is 10.3. The van der Waals surface area contributed by atoms with Crippen LogP contribution in [0, 0.1) is 6.92 Å². The van der Waals surface area contributed by atoms with Crippen molar-refractivity contribution < 1.29 is 9.47 Å². The van der Waals surface area contributed by atoms with Gasteiger partial charge in [0.25, 0.3) is 0 Å². The third-order valence-electron chi connectivity index (χ3n) is 2.42. The predicted octanol–water partition coefficient (Wildman–Crippen LogP) is 2.59. The van der Waals surface area contributed by atoms with Gasteiger partial charge < -0.3 is 14.8 Å². The lowest BCUT2D eigenvalue weighted by molar-refractivity contribution is 0.0688. The monoisotopic (exact) mass is 257 g/mol. The fraction of sp³-hybridized carbons (Fsp3) is 0.692. The summed E-state index contributed by atoms with van der Waals surface area (Å²) < 4.78 is 10.3. The molecule has 0 unspecified atom stereocenters. The number of hydrogen-bond acceptors (Lipinski definition) is 4. The first kappa shape index (κ1) is 14.6. The molecule has 0 bridgehead atoms. The Morgan fingerprint density at radius 3 is 2.76 bits per heavy atom. The second-order valence-electron chi connectivity index (χ2n) is 4.00. The number of ether oxygens (including phenoxy) is 2. The molecule has 0 atom stereocenters. The van der Waals surface area contributed by atoms with Gasteiger partial charge in [-0.15, -0.1) is 11.3 Å². The van der Waals surface area contributed by atoms with Crippen LogP contribution >= 0.6 is 11.3 Å². The molecule has 98 valence electrons. The largest absolute Gasteiger partial charge is 0.382 e. The maximum Gasteiger partial charge on any atom is 0.0700 e. The molecule has 1 N–H and O–H groups in total. The molecule has 0 spiro atoms. The number of aryl methyl sites for hydroxylation is 1. The third kappa shape index (κ3) is 7.49. The zero-order valence-electron chi connectivity index (χ0n) is 10.8. The molecule has 0 fully saturated rings. The molecule has 4 heteroatoms. The first-order valence-corrected chi connectivity index (χ1v) is 6.97. The van der Waals surface area contributed by atoms with Crippen molar-refractivity contribution >= 4 is 11.3 Å². The number of hydrogen-bond donors (Lipinski definition) is 1. The highest BCUT2D eigenvalue weighted by Gasteiger charge is 1.95. The van der Waals surface area contributed by atoms with Crippen LogP contribution in [0.2, 0.25) is 0 Å². The van der Waals surface area contributed by atoms with Gasteiger partial charge in [0, 0.05) is 30.0 Å². The molecule has 0 radical (unpaired) electrons. The molecule has 0 aliphatic heterocycles. The Balaban J connectivity index is 1.84. The van der Waals surface area contributed by atoms with Crippen molar-refractivity contribution in [1.82, 2.24) is 5.32 Å². The van der Waals surface area contributed by atoms with Crippen molar-refractivity contribution in [1.29, 1.82) is 0 Å². The first-order chi connectivity index (χ1) is 8.33. The van der Waals surface area contributed by atoms with E-state index in [4.69, 9.17) is 9.47 Å². The molecule has 1 aromatic heterocycles. The Morgan fingerprint density at radius 2 is 2.06 bits per heavy atom. The van der Waals surface area contributed by atoms with Crippen LogP contribution in [0.4, 0.5) is 0 Å². The second-order valence-corrected chi connectivity index (χ2v) is 5.37. The minimum Gasteiger partial charge on any atom is -0.382 e. The van der Waals surface area contributed by atoms with Crippen LogP contribution in [0.25, 0.3) is 0 Å². The summed E-state index contributed by atoms with van der Waals surface area (Å²) in [4.78, 5) is 2.80. The van der Waals surface area contributed by atoms with Gasteiger partial charge in [0.05, 0.1) is 13.2 Å². The summed E-state index contributed by atoms with van der Waals surface area (Å²) in [6, 6.07) is 4.37. The van der Waals surface area contributed by atoms with Gasteiger partial charge in [0.1, 0.15) is 0 Å². The van der Waals surface area contributed by atoms with E-state index < -0.39 is 0 Å². The highest BCUT2D eigenvalue weighted by molar-refractivity contribution is 7.11. The van der Waals surface area contributed by atoms with E-state index in [9.17, 15) is 0 Å². The Hall–Kier alpha value is -0.420. The molecule has 3 nitrogen and oxygen atoms in total.